The Morgan fingerprint density at radius 3 is 2.56 bits per heavy atom. The summed E-state index contributed by atoms with van der Waals surface area (Å²) >= 11 is 0. The van der Waals surface area contributed by atoms with E-state index in [0.29, 0.717) is 5.69 Å². The first kappa shape index (κ1) is 13.2. The van der Waals surface area contributed by atoms with Crippen molar-refractivity contribution in [2.45, 2.75) is 45.3 Å². The van der Waals surface area contributed by atoms with Crippen LogP contribution in [0.4, 0.5) is 18.9 Å². The molecule has 0 aliphatic heterocycles. The summed E-state index contributed by atoms with van der Waals surface area (Å²) in [5, 5.41) is 3.15. The van der Waals surface area contributed by atoms with Gasteiger partial charge in [0.1, 0.15) is 0 Å². The van der Waals surface area contributed by atoms with Gasteiger partial charge in [-0.3, -0.25) is 0 Å². The Morgan fingerprint density at radius 1 is 1.33 bits per heavy atom. The van der Waals surface area contributed by atoms with Crippen LogP contribution in [0.2, 0.25) is 0 Å². The number of alkyl halides is 3. The van der Waals surface area contributed by atoms with E-state index in [1.54, 1.807) is 6.07 Å². The predicted molar refractivity (Wildman–Crippen MR) is 66.6 cm³/mol. The Kier molecular flexibility index (Phi) is 3.55. The predicted octanol–water partition coefficient (Wildman–Crippen LogP) is 4.61. The smallest absolute Gasteiger partial charge is 0.383 e. The maximum atomic E-state index is 12.8. The Bertz CT molecular complexity index is 422. The lowest BCUT2D eigenvalue weighted by Gasteiger charge is -2.17. The number of aryl methyl sites for hydroxylation is 1. The van der Waals surface area contributed by atoms with Crippen LogP contribution >= 0.6 is 0 Å². The van der Waals surface area contributed by atoms with E-state index in [1.165, 1.54) is 31.9 Å². The van der Waals surface area contributed by atoms with E-state index in [-0.39, 0.29) is 11.6 Å². The van der Waals surface area contributed by atoms with E-state index in [1.807, 2.05) is 6.92 Å². The molecule has 0 aromatic heterocycles. The number of hydrogen-bond acceptors (Lipinski definition) is 1. The third-order valence-electron chi connectivity index (χ3n) is 3.34. The molecule has 1 atom stereocenters. The van der Waals surface area contributed by atoms with E-state index in [4.69, 9.17) is 0 Å². The third-order valence-corrected chi connectivity index (χ3v) is 3.34. The number of nitrogens with one attached hydrogen (secondary N) is 1. The lowest BCUT2D eigenvalue weighted by Crippen LogP contribution is -2.16. The molecule has 0 heterocycles. The first-order chi connectivity index (χ1) is 8.36. The molecule has 1 aliphatic carbocycles. The molecule has 1 aliphatic rings. The standard InChI is InChI=1S/C14H18F3N/c1-9-3-6-12(8-13(9)14(15,16)17)18-10(2)7-11-4-5-11/h3,6,8,10-11,18H,4-5,7H2,1-2H3. The van der Waals surface area contributed by atoms with Crippen LogP contribution in [-0.4, -0.2) is 6.04 Å². The molecule has 1 saturated carbocycles. The summed E-state index contributed by atoms with van der Waals surface area (Å²) < 4.78 is 38.3. The minimum Gasteiger partial charge on any atom is -0.383 e. The van der Waals surface area contributed by atoms with Crippen LogP contribution in [0.1, 0.15) is 37.3 Å². The van der Waals surface area contributed by atoms with Gasteiger partial charge in [0.2, 0.25) is 0 Å². The molecule has 0 radical (unpaired) electrons. The first-order valence-corrected chi connectivity index (χ1v) is 6.30. The van der Waals surface area contributed by atoms with Crippen molar-refractivity contribution in [1.29, 1.82) is 0 Å². The van der Waals surface area contributed by atoms with Gasteiger partial charge in [0.05, 0.1) is 5.56 Å². The number of halogens is 3. The fourth-order valence-electron chi connectivity index (χ4n) is 2.21. The Labute approximate surface area is 105 Å². The molecule has 2 rings (SSSR count). The Balaban J connectivity index is 2.08. The van der Waals surface area contributed by atoms with Crippen LogP contribution in [-0.2, 0) is 6.18 Å². The minimum atomic E-state index is -4.28. The van der Waals surface area contributed by atoms with Crippen molar-refractivity contribution in [3.8, 4) is 0 Å². The molecule has 1 nitrogen and oxygen atoms in total. The molecule has 1 aromatic carbocycles. The molecule has 1 aromatic rings. The van der Waals surface area contributed by atoms with Crippen LogP contribution in [0.5, 0.6) is 0 Å². The van der Waals surface area contributed by atoms with Gasteiger partial charge >= 0.3 is 6.18 Å². The topological polar surface area (TPSA) is 12.0 Å². The number of rotatable bonds is 4. The van der Waals surface area contributed by atoms with Gasteiger partial charge in [-0.2, -0.15) is 13.2 Å². The van der Waals surface area contributed by atoms with Crippen LogP contribution in [0.25, 0.3) is 0 Å². The summed E-state index contributed by atoms with van der Waals surface area (Å²) in [7, 11) is 0. The average Bonchev–Trinajstić information content (AvgIpc) is 3.03. The fraction of sp³-hybridized carbons (Fsp3) is 0.571. The summed E-state index contributed by atoms with van der Waals surface area (Å²) in [5.41, 5.74) is 0.273. The van der Waals surface area contributed by atoms with E-state index >= 15 is 0 Å². The van der Waals surface area contributed by atoms with Crippen LogP contribution in [0, 0.1) is 12.8 Å². The quantitative estimate of drug-likeness (QED) is 0.830. The van der Waals surface area contributed by atoms with Gasteiger partial charge in [0.25, 0.3) is 0 Å². The Morgan fingerprint density at radius 2 is 2.00 bits per heavy atom. The van der Waals surface area contributed by atoms with Gasteiger partial charge in [0.15, 0.2) is 0 Å². The van der Waals surface area contributed by atoms with Gasteiger partial charge in [0, 0.05) is 11.7 Å². The van der Waals surface area contributed by atoms with Gasteiger partial charge in [-0.15, -0.1) is 0 Å². The minimum absolute atomic E-state index is 0.223. The zero-order valence-corrected chi connectivity index (χ0v) is 10.6. The molecule has 1 fully saturated rings. The van der Waals surface area contributed by atoms with E-state index < -0.39 is 11.7 Å². The van der Waals surface area contributed by atoms with Crippen molar-refractivity contribution in [3.63, 3.8) is 0 Å². The summed E-state index contributed by atoms with van der Waals surface area (Å²) in [6.45, 7) is 3.51. The summed E-state index contributed by atoms with van der Waals surface area (Å²) in [4.78, 5) is 0. The molecule has 18 heavy (non-hydrogen) atoms. The molecule has 4 heteroatoms. The van der Waals surface area contributed by atoms with Gasteiger partial charge < -0.3 is 5.32 Å². The summed E-state index contributed by atoms with van der Waals surface area (Å²) in [6, 6.07) is 4.67. The maximum absolute atomic E-state index is 12.8. The highest BCUT2D eigenvalue weighted by Crippen LogP contribution is 2.35. The normalized spacial score (nSPS) is 17.6. The van der Waals surface area contributed by atoms with Crippen molar-refractivity contribution in [1.82, 2.24) is 0 Å². The van der Waals surface area contributed by atoms with Gasteiger partial charge in [-0.05, 0) is 43.9 Å². The molecule has 0 bridgehead atoms. The van der Waals surface area contributed by atoms with Crippen molar-refractivity contribution in [2.75, 3.05) is 5.32 Å². The van der Waals surface area contributed by atoms with Gasteiger partial charge in [-0.1, -0.05) is 18.9 Å². The molecule has 0 amide bonds. The van der Waals surface area contributed by atoms with E-state index in [9.17, 15) is 13.2 Å². The highest BCUT2D eigenvalue weighted by Gasteiger charge is 2.32. The lowest BCUT2D eigenvalue weighted by atomic mass is 10.1. The largest absolute Gasteiger partial charge is 0.416 e. The fourth-order valence-corrected chi connectivity index (χ4v) is 2.21. The zero-order chi connectivity index (χ0) is 13.3. The second-order valence-electron chi connectivity index (χ2n) is 5.25. The molecule has 0 spiro atoms. The molecule has 0 saturated heterocycles. The first-order valence-electron chi connectivity index (χ1n) is 6.30. The Hall–Kier alpha value is -1.19. The monoisotopic (exact) mass is 257 g/mol. The zero-order valence-electron chi connectivity index (χ0n) is 10.6. The van der Waals surface area contributed by atoms with Crippen molar-refractivity contribution < 1.29 is 13.2 Å². The average molecular weight is 257 g/mol. The summed E-state index contributed by atoms with van der Waals surface area (Å²) in [6.07, 6.45) is -0.724. The van der Waals surface area contributed by atoms with Crippen molar-refractivity contribution in [2.24, 2.45) is 5.92 Å². The highest BCUT2D eigenvalue weighted by molar-refractivity contribution is 5.50. The van der Waals surface area contributed by atoms with Crippen LogP contribution in [0.3, 0.4) is 0 Å². The maximum Gasteiger partial charge on any atom is 0.416 e. The second kappa shape index (κ2) is 4.82. The SMILES string of the molecule is Cc1ccc(NC(C)CC2CC2)cc1C(F)(F)F. The lowest BCUT2D eigenvalue weighted by molar-refractivity contribution is -0.138. The molecule has 1 unspecified atom stereocenters. The summed E-state index contributed by atoms with van der Waals surface area (Å²) in [5.74, 6) is 0.764. The van der Waals surface area contributed by atoms with Gasteiger partial charge in [-0.25, -0.2) is 0 Å². The van der Waals surface area contributed by atoms with Crippen molar-refractivity contribution in [3.05, 3.63) is 29.3 Å². The molecular formula is C14H18F3N. The van der Waals surface area contributed by atoms with E-state index in [2.05, 4.69) is 5.32 Å². The van der Waals surface area contributed by atoms with Crippen molar-refractivity contribution >= 4 is 5.69 Å². The van der Waals surface area contributed by atoms with Crippen LogP contribution < -0.4 is 5.32 Å². The van der Waals surface area contributed by atoms with Crippen LogP contribution in [0.15, 0.2) is 18.2 Å². The number of hydrogen-bond donors (Lipinski definition) is 1. The third kappa shape index (κ3) is 3.40. The highest BCUT2D eigenvalue weighted by atomic mass is 19.4. The number of anilines is 1. The second-order valence-corrected chi connectivity index (χ2v) is 5.25. The molecular weight excluding hydrogens is 239 g/mol. The molecule has 1 N–H and O–H groups in total. The number of benzene rings is 1. The molecule has 100 valence electrons. The van der Waals surface area contributed by atoms with E-state index in [0.717, 1.165) is 12.3 Å².